The van der Waals surface area contributed by atoms with Crippen LogP contribution in [-0.2, 0) is 0 Å². The quantitative estimate of drug-likeness (QED) is 0.472. The molecule has 0 unspecified atom stereocenters. The number of rotatable bonds is 3. The minimum Gasteiger partial charge on any atom is -0.416 e. The van der Waals surface area contributed by atoms with Crippen molar-refractivity contribution in [3.05, 3.63) is 23.5 Å². The van der Waals surface area contributed by atoms with Gasteiger partial charge in [0, 0.05) is 13.1 Å². The summed E-state index contributed by atoms with van der Waals surface area (Å²) in [6.07, 6.45) is 1.51. The van der Waals surface area contributed by atoms with E-state index >= 15 is 0 Å². The second kappa shape index (κ2) is 4.50. The van der Waals surface area contributed by atoms with Crippen LogP contribution in [0, 0.1) is 19.3 Å². The van der Waals surface area contributed by atoms with E-state index in [0.29, 0.717) is 27.5 Å². The summed E-state index contributed by atoms with van der Waals surface area (Å²) in [5.41, 5.74) is 5.90. The van der Waals surface area contributed by atoms with E-state index in [9.17, 15) is 0 Å². The van der Waals surface area contributed by atoms with Crippen LogP contribution in [0.2, 0.25) is 0 Å². The molecule has 0 amide bonds. The molecule has 0 saturated heterocycles. The van der Waals surface area contributed by atoms with Crippen molar-refractivity contribution in [3.8, 4) is 0 Å². The summed E-state index contributed by atoms with van der Waals surface area (Å²) >= 11 is 1.17. The third-order valence-corrected chi connectivity index (χ3v) is 2.70. The van der Waals surface area contributed by atoms with Crippen molar-refractivity contribution in [2.45, 2.75) is 24.1 Å². The van der Waals surface area contributed by atoms with Crippen LogP contribution >= 0.6 is 11.8 Å². The molecular weight excluding hydrogens is 240 g/mol. The van der Waals surface area contributed by atoms with Gasteiger partial charge in [-0.05, 0) is 18.7 Å². The molecule has 2 rings (SSSR count). The Bertz CT molecular complexity index is 566. The predicted octanol–water partition coefficient (Wildman–Crippen LogP) is 0.912. The zero-order chi connectivity index (χ0) is 12.4. The lowest BCUT2D eigenvalue weighted by Crippen LogP contribution is -2.14. The molecule has 0 fully saturated rings. The van der Waals surface area contributed by atoms with E-state index in [4.69, 9.17) is 15.6 Å². The Morgan fingerprint density at radius 2 is 2.18 bits per heavy atom. The molecule has 2 heterocycles. The van der Waals surface area contributed by atoms with Crippen molar-refractivity contribution in [1.82, 2.24) is 20.2 Å². The van der Waals surface area contributed by atoms with Gasteiger partial charge in [-0.2, -0.15) is 0 Å². The van der Waals surface area contributed by atoms with Crippen molar-refractivity contribution in [2.75, 3.05) is 0 Å². The summed E-state index contributed by atoms with van der Waals surface area (Å²) < 4.78 is 5.23. The molecule has 2 aromatic heterocycles. The number of amidine groups is 1. The highest BCUT2D eigenvalue weighted by molar-refractivity contribution is 7.99. The van der Waals surface area contributed by atoms with Gasteiger partial charge >= 0.3 is 0 Å². The standard InChI is InChI=1S/C9H10N6OS/c1-4-12-3-6(7(10)11)8(13-4)17-9-15-14-5(2)16-9/h3H,1-2H3,(H3,10,11). The highest BCUT2D eigenvalue weighted by Gasteiger charge is 2.13. The number of aromatic nitrogens is 4. The first-order valence-electron chi connectivity index (χ1n) is 4.72. The van der Waals surface area contributed by atoms with Gasteiger partial charge < -0.3 is 10.2 Å². The molecule has 0 bridgehead atoms. The Morgan fingerprint density at radius 1 is 1.41 bits per heavy atom. The smallest absolute Gasteiger partial charge is 0.282 e. The first kappa shape index (κ1) is 11.5. The summed E-state index contributed by atoms with van der Waals surface area (Å²) in [7, 11) is 0. The second-order valence-electron chi connectivity index (χ2n) is 3.24. The van der Waals surface area contributed by atoms with Gasteiger partial charge in [-0.3, -0.25) is 5.41 Å². The highest BCUT2D eigenvalue weighted by Crippen LogP contribution is 2.27. The normalized spacial score (nSPS) is 10.5. The molecular formula is C9H10N6OS. The average Bonchev–Trinajstić information content (AvgIpc) is 2.63. The second-order valence-corrected chi connectivity index (χ2v) is 4.18. The molecule has 3 N–H and O–H groups in total. The zero-order valence-corrected chi connectivity index (χ0v) is 10.1. The molecule has 0 aliphatic rings. The van der Waals surface area contributed by atoms with E-state index in [0.717, 1.165) is 0 Å². The van der Waals surface area contributed by atoms with Gasteiger partial charge in [0.25, 0.3) is 5.22 Å². The van der Waals surface area contributed by atoms with Crippen LogP contribution in [0.4, 0.5) is 0 Å². The lowest BCUT2D eigenvalue weighted by molar-refractivity contribution is 0.429. The average molecular weight is 250 g/mol. The molecule has 0 aliphatic carbocycles. The van der Waals surface area contributed by atoms with Gasteiger partial charge in [0.2, 0.25) is 5.89 Å². The van der Waals surface area contributed by atoms with Crippen molar-refractivity contribution >= 4 is 17.6 Å². The Balaban J connectivity index is 2.37. The fourth-order valence-electron chi connectivity index (χ4n) is 1.11. The van der Waals surface area contributed by atoms with Crippen LogP contribution in [0.1, 0.15) is 17.3 Å². The molecule has 2 aromatic rings. The maximum atomic E-state index is 7.44. The Labute approximate surface area is 101 Å². The number of hydrogen-bond acceptors (Lipinski definition) is 7. The maximum absolute atomic E-state index is 7.44. The van der Waals surface area contributed by atoms with Crippen molar-refractivity contribution < 1.29 is 4.42 Å². The summed E-state index contributed by atoms with van der Waals surface area (Å²) in [5.74, 6) is 0.972. The summed E-state index contributed by atoms with van der Waals surface area (Å²) in [6, 6.07) is 0. The molecule has 0 saturated carbocycles. The van der Waals surface area contributed by atoms with Crippen LogP contribution in [0.3, 0.4) is 0 Å². The Hall–Kier alpha value is -1.96. The lowest BCUT2D eigenvalue weighted by atomic mass is 10.3. The van der Waals surface area contributed by atoms with Crippen LogP contribution in [-0.4, -0.2) is 26.0 Å². The molecule has 0 aromatic carbocycles. The molecule has 0 spiro atoms. The van der Waals surface area contributed by atoms with Gasteiger partial charge in [0.1, 0.15) is 16.7 Å². The van der Waals surface area contributed by atoms with E-state index in [1.807, 2.05) is 0 Å². The number of nitrogens with one attached hydrogen (secondary N) is 1. The summed E-state index contributed by atoms with van der Waals surface area (Å²) in [5, 5.41) is 15.9. The first-order chi connectivity index (χ1) is 8.06. The van der Waals surface area contributed by atoms with Crippen molar-refractivity contribution in [1.29, 1.82) is 5.41 Å². The van der Waals surface area contributed by atoms with E-state index in [1.165, 1.54) is 18.0 Å². The van der Waals surface area contributed by atoms with E-state index in [-0.39, 0.29) is 5.84 Å². The molecule has 8 heteroatoms. The van der Waals surface area contributed by atoms with E-state index in [2.05, 4.69) is 20.2 Å². The van der Waals surface area contributed by atoms with Crippen molar-refractivity contribution in [2.24, 2.45) is 5.73 Å². The largest absolute Gasteiger partial charge is 0.416 e. The predicted molar refractivity (Wildman–Crippen MR) is 60.9 cm³/mol. The van der Waals surface area contributed by atoms with Crippen LogP contribution in [0.25, 0.3) is 0 Å². The Morgan fingerprint density at radius 3 is 2.76 bits per heavy atom. The minimum absolute atomic E-state index is 0.0938. The maximum Gasteiger partial charge on any atom is 0.282 e. The minimum atomic E-state index is -0.0938. The number of hydrogen-bond donors (Lipinski definition) is 2. The topological polar surface area (TPSA) is 115 Å². The Kier molecular flexibility index (Phi) is 3.05. The van der Waals surface area contributed by atoms with Crippen LogP contribution < -0.4 is 5.73 Å². The fourth-order valence-corrected chi connectivity index (χ4v) is 1.97. The molecule has 0 aliphatic heterocycles. The highest BCUT2D eigenvalue weighted by atomic mass is 32.2. The zero-order valence-electron chi connectivity index (χ0n) is 9.26. The van der Waals surface area contributed by atoms with Crippen LogP contribution in [0.5, 0.6) is 0 Å². The third-order valence-electron chi connectivity index (χ3n) is 1.86. The number of nitrogens with zero attached hydrogens (tertiary/aromatic N) is 4. The fraction of sp³-hybridized carbons (Fsp3) is 0.222. The molecule has 0 atom stereocenters. The van der Waals surface area contributed by atoms with Gasteiger partial charge in [0.15, 0.2) is 0 Å². The van der Waals surface area contributed by atoms with Crippen molar-refractivity contribution in [3.63, 3.8) is 0 Å². The van der Waals surface area contributed by atoms with Gasteiger partial charge in [-0.1, -0.05) is 0 Å². The number of nitrogen functional groups attached to an aromatic ring is 1. The third kappa shape index (κ3) is 2.59. The first-order valence-corrected chi connectivity index (χ1v) is 5.54. The molecule has 88 valence electrons. The SMILES string of the molecule is Cc1ncc(C(=N)N)c(Sc2nnc(C)o2)n1. The summed E-state index contributed by atoms with van der Waals surface area (Å²) in [4.78, 5) is 8.20. The molecule has 7 nitrogen and oxygen atoms in total. The van der Waals surface area contributed by atoms with Gasteiger partial charge in [-0.25, -0.2) is 9.97 Å². The van der Waals surface area contributed by atoms with Gasteiger partial charge in [-0.15, -0.1) is 10.2 Å². The van der Waals surface area contributed by atoms with Crippen LogP contribution in [0.15, 0.2) is 20.9 Å². The van der Waals surface area contributed by atoms with E-state index < -0.39 is 0 Å². The lowest BCUT2D eigenvalue weighted by Gasteiger charge is -2.04. The number of aryl methyl sites for hydroxylation is 2. The molecule has 0 radical (unpaired) electrons. The van der Waals surface area contributed by atoms with E-state index in [1.54, 1.807) is 13.8 Å². The monoisotopic (exact) mass is 250 g/mol. The number of nitrogens with two attached hydrogens (primary N) is 1. The van der Waals surface area contributed by atoms with Gasteiger partial charge in [0.05, 0.1) is 5.56 Å². The summed E-state index contributed by atoms with van der Waals surface area (Å²) in [6.45, 7) is 3.46. The molecule has 17 heavy (non-hydrogen) atoms.